The van der Waals surface area contributed by atoms with E-state index in [-0.39, 0.29) is 6.10 Å². The molecule has 2 saturated heterocycles. The van der Waals surface area contributed by atoms with E-state index in [0.29, 0.717) is 54.0 Å². The molecule has 38 heavy (non-hydrogen) atoms. The first-order chi connectivity index (χ1) is 18.2. The number of benzene rings is 2. The predicted molar refractivity (Wildman–Crippen MR) is 151 cm³/mol. The highest BCUT2D eigenvalue weighted by Gasteiger charge is 2.45. The summed E-state index contributed by atoms with van der Waals surface area (Å²) < 4.78 is 19.5. The number of carboxylic acids is 1. The number of likely N-dealkylation sites (tertiary alicyclic amines) is 1. The summed E-state index contributed by atoms with van der Waals surface area (Å²) in [5.41, 5.74) is 2.08. The second kappa shape index (κ2) is 13.5. The van der Waals surface area contributed by atoms with Crippen molar-refractivity contribution in [3.05, 3.63) is 57.0 Å². The van der Waals surface area contributed by atoms with Gasteiger partial charge in [-0.05, 0) is 61.8 Å². The van der Waals surface area contributed by atoms with Gasteiger partial charge in [-0.1, -0.05) is 33.6 Å². The molecule has 0 aromatic heterocycles. The minimum Gasteiger partial charge on any atom is -0.491 e. The number of rotatable bonds is 13. The summed E-state index contributed by atoms with van der Waals surface area (Å²) in [4.78, 5) is 11.5. The molecule has 4 rings (SSSR count). The second-order valence-electron chi connectivity index (χ2n) is 10.7. The van der Waals surface area contributed by atoms with E-state index in [9.17, 15) is 9.90 Å². The van der Waals surface area contributed by atoms with Crippen LogP contribution >= 0.6 is 27.5 Å². The lowest BCUT2D eigenvalue weighted by atomic mass is 10.1. The monoisotopic (exact) mass is 610 g/mol. The molecular formula is C28H38BrClN3O5+. The van der Waals surface area contributed by atoms with Gasteiger partial charge in [-0.25, -0.2) is 4.79 Å². The van der Waals surface area contributed by atoms with Gasteiger partial charge in [0.15, 0.2) is 6.04 Å². The average Bonchev–Trinajstić information content (AvgIpc) is 3.48. The molecule has 0 saturated carbocycles. The molecule has 8 nitrogen and oxygen atoms in total. The van der Waals surface area contributed by atoms with E-state index in [1.807, 2.05) is 50.5 Å². The van der Waals surface area contributed by atoms with Crippen LogP contribution < -0.4 is 20.1 Å². The van der Waals surface area contributed by atoms with E-state index in [1.54, 1.807) is 0 Å². The molecule has 2 aromatic rings. The molecule has 0 bridgehead atoms. The number of likely N-dealkylation sites (N-methyl/N-ethyl adjacent to an activating group) is 1. The third kappa shape index (κ3) is 8.31. The molecule has 2 aliphatic heterocycles. The van der Waals surface area contributed by atoms with Crippen LogP contribution in [0.2, 0.25) is 5.02 Å². The van der Waals surface area contributed by atoms with Crippen molar-refractivity contribution in [3.63, 3.8) is 0 Å². The van der Waals surface area contributed by atoms with Gasteiger partial charge in [0, 0.05) is 34.1 Å². The number of aliphatic carboxylic acids is 1. The molecular weight excluding hydrogens is 574 g/mol. The molecule has 3 atom stereocenters. The lowest BCUT2D eigenvalue weighted by Gasteiger charge is -2.28. The Kier molecular flexibility index (Phi) is 10.3. The summed E-state index contributed by atoms with van der Waals surface area (Å²) in [6, 6.07) is 11.2. The highest BCUT2D eigenvalue weighted by molar-refractivity contribution is 9.10. The molecule has 208 valence electrons. The van der Waals surface area contributed by atoms with E-state index >= 15 is 0 Å². The van der Waals surface area contributed by atoms with Crippen molar-refractivity contribution in [3.8, 4) is 11.5 Å². The Bertz CT molecular complexity index is 1100. The number of hydrogen-bond donors (Lipinski definition) is 3. The Balaban J connectivity index is 1.34. The highest BCUT2D eigenvalue weighted by Crippen LogP contribution is 2.28. The largest absolute Gasteiger partial charge is 0.491 e. The highest BCUT2D eigenvalue weighted by atomic mass is 79.9. The van der Waals surface area contributed by atoms with Crippen molar-refractivity contribution in [2.24, 2.45) is 5.92 Å². The maximum absolute atomic E-state index is 11.5. The minimum absolute atomic E-state index is 0.0907. The first kappa shape index (κ1) is 29.1. The Labute approximate surface area is 238 Å². The number of hydrogen-bond acceptors (Lipinski definition) is 6. The van der Waals surface area contributed by atoms with Gasteiger partial charge < -0.3 is 34.4 Å². The third-order valence-electron chi connectivity index (χ3n) is 7.27. The molecule has 0 aliphatic carbocycles. The number of quaternary nitrogens is 1. The molecule has 2 fully saturated rings. The summed E-state index contributed by atoms with van der Waals surface area (Å²) in [6.07, 6.45) is 1.62. The maximum atomic E-state index is 11.5. The number of carbonyl (C=O) groups is 1. The molecule has 0 amide bonds. The quantitative estimate of drug-likeness (QED) is 0.232. The SMILES string of the molecule is C[N+]1(C)CC(OCCOc2cc(CNCC3CCNC3)cc(OCc3ccc(Cl)cc3Br)c2)CC1C(=O)O. The van der Waals surface area contributed by atoms with Crippen LogP contribution in [0.4, 0.5) is 0 Å². The first-order valence-electron chi connectivity index (χ1n) is 13.1. The lowest BCUT2D eigenvalue weighted by molar-refractivity contribution is -0.895. The van der Waals surface area contributed by atoms with Crippen molar-refractivity contribution in [2.75, 3.05) is 53.5 Å². The van der Waals surface area contributed by atoms with Crippen LogP contribution in [0.15, 0.2) is 40.9 Å². The second-order valence-corrected chi connectivity index (χ2v) is 12.0. The molecule has 2 aromatic carbocycles. The predicted octanol–water partition coefficient (Wildman–Crippen LogP) is 4.08. The average molecular weight is 612 g/mol. The number of nitrogens with zero attached hydrogens (tertiary/aromatic N) is 1. The van der Waals surface area contributed by atoms with E-state index < -0.39 is 12.0 Å². The van der Waals surface area contributed by atoms with E-state index in [4.69, 9.17) is 25.8 Å². The van der Waals surface area contributed by atoms with Gasteiger partial charge in [-0.3, -0.25) is 0 Å². The molecule has 2 aliphatic rings. The van der Waals surface area contributed by atoms with Crippen molar-refractivity contribution in [2.45, 2.75) is 38.1 Å². The summed E-state index contributed by atoms with van der Waals surface area (Å²) >= 11 is 9.63. The fourth-order valence-corrected chi connectivity index (χ4v) is 5.96. The summed E-state index contributed by atoms with van der Waals surface area (Å²) in [5, 5.41) is 17.1. The fourth-order valence-electron chi connectivity index (χ4n) is 5.16. The van der Waals surface area contributed by atoms with Gasteiger partial charge in [0.2, 0.25) is 0 Å². The van der Waals surface area contributed by atoms with Crippen LogP contribution in [0.5, 0.6) is 11.5 Å². The topological polar surface area (TPSA) is 89.0 Å². The van der Waals surface area contributed by atoms with Crippen LogP contribution in [-0.4, -0.2) is 81.2 Å². The van der Waals surface area contributed by atoms with Crippen LogP contribution in [0.3, 0.4) is 0 Å². The number of carboxylic acid groups (broad SMARTS) is 1. The summed E-state index contributed by atoms with van der Waals surface area (Å²) in [6.45, 7) is 5.66. The van der Waals surface area contributed by atoms with Gasteiger partial charge >= 0.3 is 5.97 Å². The standard InChI is InChI=1S/C28H37BrClN3O5/c1-33(2)17-25(13-27(33)28(34)35)37-8-7-36-23-9-20(16-32-15-19-5-6-31-14-19)10-24(12-23)38-18-21-3-4-22(30)11-26(21)29/h3-4,9-12,19,25,27,31-32H,5-8,13-18H2,1-2H3/p+1. The Morgan fingerprint density at radius 3 is 2.66 bits per heavy atom. The lowest BCUT2D eigenvalue weighted by Crippen LogP contribution is -2.48. The van der Waals surface area contributed by atoms with Gasteiger partial charge in [-0.2, -0.15) is 0 Å². The van der Waals surface area contributed by atoms with Crippen molar-refractivity contribution >= 4 is 33.5 Å². The zero-order valence-corrected chi connectivity index (χ0v) is 24.4. The molecule has 2 heterocycles. The summed E-state index contributed by atoms with van der Waals surface area (Å²) in [7, 11) is 3.87. The molecule has 3 N–H and O–H groups in total. The minimum atomic E-state index is -0.773. The van der Waals surface area contributed by atoms with Gasteiger partial charge in [0.05, 0.1) is 20.7 Å². The Hall–Kier alpha value is -1.88. The van der Waals surface area contributed by atoms with Gasteiger partial charge in [0.25, 0.3) is 0 Å². The van der Waals surface area contributed by atoms with E-state index in [0.717, 1.165) is 47.5 Å². The Morgan fingerprint density at radius 1 is 1.18 bits per heavy atom. The Morgan fingerprint density at radius 2 is 1.97 bits per heavy atom. The molecule has 0 radical (unpaired) electrons. The zero-order valence-electron chi connectivity index (χ0n) is 22.1. The zero-order chi connectivity index (χ0) is 27.1. The van der Waals surface area contributed by atoms with Gasteiger partial charge in [0.1, 0.15) is 37.4 Å². The summed E-state index contributed by atoms with van der Waals surface area (Å²) in [5.74, 6) is 1.32. The van der Waals surface area contributed by atoms with Crippen LogP contribution in [0.1, 0.15) is 24.0 Å². The van der Waals surface area contributed by atoms with Crippen LogP contribution in [0, 0.1) is 5.92 Å². The fraction of sp³-hybridized carbons (Fsp3) is 0.536. The maximum Gasteiger partial charge on any atom is 0.362 e. The van der Waals surface area contributed by atoms with Crippen molar-refractivity contribution < 1.29 is 28.6 Å². The molecule has 3 unspecified atom stereocenters. The van der Waals surface area contributed by atoms with Crippen LogP contribution in [0.25, 0.3) is 0 Å². The van der Waals surface area contributed by atoms with E-state index in [2.05, 4.69) is 26.6 Å². The van der Waals surface area contributed by atoms with Crippen LogP contribution in [-0.2, 0) is 22.7 Å². The van der Waals surface area contributed by atoms with Gasteiger partial charge in [-0.15, -0.1) is 0 Å². The number of halogens is 2. The normalized spacial score (nSPS) is 22.5. The number of ether oxygens (including phenoxy) is 3. The third-order valence-corrected chi connectivity index (χ3v) is 8.24. The molecule has 10 heteroatoms. The smallest absolute Gasteiger partial charge is 0.362 e. The van der Waals surface area contributed by atoms with E-state index in [1.165, 1.54) is 6.42 Å². The number of nitrogens with one attached hydrogen (secondary N) is 2. The first-order valence-corrected chi connectivity index (χ1v) is 14.3. The molecule has 0 spiro atoms. The van der Waals surface area contributed by atoms with Crippen molar-refractivity contribution in [1.29, 1.82) is 0 Å². The van der Waals surface area contributed by atoms with Crippen molar-refractivity contribution in [1.82, 2.24) is 10.6 Å².